The zero-order valence-corrected chi connectivity index (χ0v) is 9.32. The van der Waals surface area contributed by atoms with Crippen molar-refractivity contribution in [1.82, 2.24) is 9.80 Å². The lowest BCUT2D eigenvalue weighted by Crippen LogP contribution is -2.51. The Hall–Kier alpha value is -0.410. The summed E-state index contributed by atoms with van der Waals surface area (Å²) in [5.74, 6) is 0.495. The molecule has 1 atom stereocenters. The van der Waals surface area contributed by atoms with Crippen LogP contribution in [-0.2, 0) is 4.79 Å². The summed E-state index contributed by atoms with van der Waals surface area (Å²) >= 11 is 0. The first-order valence-electron chi connectivity index (χ1n) is 6.35. The molecule has 1 aliphatic heterocycles. The highest BCUT2D eigenvalue weighted by Crippen LogP contribution is 2.29. The van der Waals surface area contributed by atoms with Gasteiger partial charge in [0.05, 0.1) is 6.04 Å². The van der Waals surface area contributed by atoms with Crippen molar-refractivity contribution >= 4 is 5.78 Å². The molecular weight excluding hydrogens is 188 g/mol. The Morgan fingerprint density at radius 1 is 0.933 bits per heavy atom. The smallest absolute Gasteiger partial charge is 0.149 e. The van der Waals surface area contributed by atoms with E-state index in [2.05, 4.69) is 9.80 Å². The van der Waals surface area contributed by atoms with Gasteiger partial charge >= 0.3 is 0 Å². The highest BCUT2D eigenvalue weighted by atomic mass is 16.1. The average molecular weight is 208 g/mol. The summed E-state index contributed by atoms with van der Waals surface area (Å²) in [7, 11) is 0. The highest BCUT2D eigenvalue weighted by Gasteiger charge is 2.35. The molecule has 1 saturated heterocycles. The van der Waals surface area contributed by atoms with Crippen LogP contribution in [0.1, 0.15) is 32.1 Å². The predicted octanol–water partition coefficient (Wildman–Crippen LogP) is 0.888. The van der Waals surface area contributed by atoms with Crippen molar-refractivity contribution in [3.05, 3.63) is 0 Å². The molecule has 3 rings (SSSR count). The van der Waals surface area contributed by atoms with E-state index in [9.17, 15) is 4.79 Å². The van der Waals surface area contributed by atoms with Gasteiger partial charge in [-0.3, -0.25) is 14.6 Å². The quantitative estimate of drug-likeness (QED) is 0.673. The summed E-state index contributed by atoms with van der Waals surface area (Å²) in [5.41, 5.74) is 0. The molecule has 0 aromatic heterocycles. The van der Waals surface area contributed by atoms with Crippen molar-refractivity contribution in [2.24, 2.45) is 0 Å². The van der Waals surface area contributed by atoms with Crippen LogP contribution in [0.3, 0.4) is 0 Å². The molecule has 0 radical (unpaired) electrons. The van der Waals surface area contributed by atoms with Gasteiger partial charge in [0.25, 0.3) is 0 Å². The molecule has 2 saturated carbocycles. The maximum atomic E-state index is 11.6. The van der Waals surface area contributed by atoms with Crippen molar-refractivity contribution in [3.8, 4) is 0 Å². The van der Waals surface area contributed by atoms with E-state index in [-0.39, 0.29) is 6.04 Å². The van der Waals surface area contributed by atoms with Crippen LogP contribution in [0.25, 0.3) is 0 Å². The molecule has 0 spiro atoms. The van der Waals surface area contributed by atoms with E-state index in [1.54, 1.807) is 0 Å². The van der Waals surface area contributed by atoms with Crippen molar-refractivity contribution in [2.45, 2.75) is 44.2 Å². The molecule has 3 heteroatoms. The zero-order valence-electron chi connectivity index (χ0n) is 9.32. The van der Waals surface area contributed by atoms with E-state index in [1.165, 1.54) is 25.9 Å². The van der Waals surface area contributed by atoms with E-state index in [4.69, 9.17) is 0 Å². The fourth-order valence-corrected chi connectivity index (χ4v) is 3.04. The molecule has 1 heterocycles. The second-order valence-corrected chi connectivity index (χ2v) is 5.18. The van der Waals surface area contributed by atoms with Crippen LogP contribution in [0.15, 0.2) is 0 Å². The summed E-state index contributed by atoms with van der Waals surface area (Å²) in [6, 6.07) is 1.18. The Balaban J connectivity index is 1.54. The summed E-state index contributed by atoms with van der Waals surface area (Å²) in [4.78, 5) is 16.7. The molecule has 3 fully saturated rings. The number of Topliss-reactive ketones (excluding diaryl/α,β-unsaturated/α-hetero) is 1. The first-order chi connectivity index (χ1) is 7.34. The third-order valence-electron chi connectivity index (χ3n) is 4.13. The maximum Gasteiger partial charge on any atom is 0.149 e. The molecule has 3 aliphatic rings. The predicted molar refractivity (Wildman–Crippen MR) is 58.8 cm³/mol. The van der Waals surface area contributed by atoms with Crippen LogP contribution in [-0.4, -0.2) is 53.8 Å². The van der Waals surface area contributed by atoms with E-state index < -0.39 is 0 Å². The fourth-order valence-electron chi connectivity index (χ4n) is 3.04. The number of carbonyl (C=O) groups is 1. The number of hydrogen-bond donors (Lipinski definition) is 0. The van der Waals surface area contributed by atoms with E-state index >= 15 is 0 Å². The number of rotatable bonds is 2. The van der Waals surface area contributed by atoms with E-state index in [1.807, 2.05) is 0 Å². The molecule has 0 aromatic carbocycles. The van der Waals surface area contributed by atoms with E-state index in [0.29, 0.717) is 5.78 Å². The van der Waals surface area contributed by atoms with Gasteiger partial charge in [0.15, 0.2) is 0 Å². The molecule has 0 N–H and O–H groups in total. The Bertz CT molecular complexity index is 254. The molecule has 1 unspecified atom stereocenters. The minimum atomic E-state index is 0.284. The summed E-state index contributed by atoms with van der Waals surface area (Å²) in [6.45, 7) is 4.61. The maximum absolute atomic E-state index is 11.6. The lowest BCUT2D eigenvalue weighted by atomic mass is 10.1. The third-order valence-corrected chi connectivity index (χ3v) is 4.13. The largest absolute Gasteiger partial charge is 0.298 e. The highest BCUT2D eigenvalue weighted by molar-refractivity contribution is 5.85. The summed E-state index contributed by atoms with van der Waals surface area (Å²) < 4.78 is 0. The molecule has 0 aromatic rings. The Morgan fingerprint density at radius 2 is 1.60 bits per heavy atom. The van der Waals surface area contributed by atoms with Crippen LogP contribution in [0, 0.1) is 0 Å². The number of nitrogens with zero attached hydrogens (tertiary/aromatic N) is 2. The number of hydrogen-bond acceptors (Lipinski definition) is 3. The fraction of sp³-hybridized carbons (Fsp3) is 0.917. The van der Waals surface area contributed by atoms with Gasteiger partial charge < -0.3 is 0 Å². The third kappa shape index (κ3) is 1.95. The zero-order chi connectivity index (χ0) is 10.3. The van der Waals surface area contributed by atoms with Crippen LogP contribution in [0.4, 0.5) is 0 Å². The van der Waals surface area contributed by atoms with Gasteiger partial charge in [0.1, 0.15) is 5.78 Å². The van der Waals surface area contributed by atoms with Crippen LogP contribution in [0.5, 0.6) is 0 Å². The van der Waals surface area contributed by atoms with Crippen molar-refractivity contribution in [1.29, 1.82) is 0 Å². The summed E-state index contributed by atoms with van der Waals surface area (Å²) in [6.07, 6.45) is 5.87. The van der Waals surface area contributed by atoms with Gasteiger partial charge in [-0.15, -0.1) is 0 Å². The molecule has 84 valence electrons. The van der Waals surface area contributed by atoms with Gasteiger partial charge in [0, 0.05) is 38.6 Å². The van der Waals surface area contributed by atoms with Crippen molar-refractivity contribution in [2.75, 3.05) is 26.2 Å². The molecule has 0 amide bonds. The minimum absolute atomic E-state index is 0.284. The van der Waals surface area contributed by atoms with Gasteiger partial charge in [0.2, 0.25) is 0 Å². The second kappa shape index (κ2) is 3.87. The normalized spacial score (nSPS) is 34.9. The summed E-state index contributed by atoms with van der Waals surface area (Å²) in [5, 5.41) is 0. The van der Waals surface area contributed by atoms with Gasteiger partial charge in [-0.1, -0.05) is 0 Å². The van der Waals surface area contributed by atoms with Crippen LogP contribution < -0.4 is 0 Å². The van der Waals surface area contributed by atoms with Gasteiger partial charge in [-0.25, -0.2) is 0 Å². The van der Waals surface area contributed by atoms with Crippen LogP contribution in [0.2, 0.25) is 0 Å². The number of piperazine rings is 1. The minimum Gasteiger partial charge on any atom is -0.298 e. The Morgan fingerprint density at radius 3 is 2.13 bits per heavy atom. The topological polar surface area (TPSA) is 23.6 Å². The lowest BCUT2D eigenvalue weighted by molar-refractivity contribution is -0.122. The van der Waals surface area contributed by atoms with Crippen molar-refractivity contribution in [3.63, 3.8) is 0 Å². The Kier molecular flexibility index (Phi) is 2.53. The Labute approximate surface area is 91.4 Å². The number of carbonyl (C=O) groups excluding carboxylic acids is 1. The standard InChI is InChI=1S/C12H20N2O/c15-12-3-1-2-11(12)14-8-6-13(7-9-14)10-4-5-10/h10-11H,1-9H2. The molecule has 3 nitrogen and oxygen atoms in total. The van der Waals surface area contributed by atoms with Gasteiger partial charge in [-0.2, -0.15) is 0 Å². The first kappa shape index (κ1) is 9.79. The van der Waals surface area contributed by atoms with Gasteiger partial charge in [-0.05, 0) is 25.7 Å². The first-order valence-corrected chi connectivity index (χ1v) is 6.35. The molecular formula is C12H20N2O. The lowest BCUT2D eigenvalue weighted by Gasteiger charge is -2.37. The second-order valence-electron chi connectivity index (χ2n) is 5.18. The van der Waals surface area contributed by atoms with Crippen LogP contribution >= 0.6 is 0 Å². The SMILES string of the molecule is O=C1CCCC1N1CCN(C2CC2)CC1. The average Bonchev–Trinajstić information content (AvgIpc) is 3.02. The van der Waals surface area contributed by atoms with E-state index in [0.717, 1.165) is 38.4 Å². The molecule has 2 aliphatic carbocycles. The monoisotopic (exact) mass is 208 g/mol. The molecule has 15 heavy (non-hydrogen) atoms. The molecule has 0 bridgehead atoms. The number of ketones is 1. The van der Waals surface area contributed by atoms with Crippen molar-refractivity contribution < 1.29 is 4.79 Å².